The molecule has 0 spiro atoms. The number of rotatable bonds is 2. The average Bonchev–Trinajstić information content (AvgIpc) is 3.18. The SMILES string of the molecule is CC1(C(=O)N2CCN(C(=O)C3CCCO3)CC2)CCNC1.Cl. The van der Waals surface area contributed by atoms with Crippen molar-refractivity contribution in [1.29, 1.82) is 0 Å². The third-order valence-electron chi connectivity index (χ3n) is 4.97. The number of ether oxygens (including phenoxy) is 1. The van der Waals surface area contributed by atoms with Crippen molar-refractivity contribution in [1.82, 2.24) is 15.1 Å². The first kappa shape index (κ1) is 17.5. The molecule has 0 aromatic heterocycles. The molecule has 0 saturated carbocycles. The molecule has 0 aliphatic carbocycles. The van der Waals surface area contributed by atoms with Crippen LogP contribution in [0.2, 0.25) is 0 Å². The summed E-state index contributed by atoms with van der Waals surface area (Å²) in [5.74, 6) is 0.338. The first-order valence-electron chi connectivity index (χ1n) is 8.01. The third kappa shape index (κ3) is 3.39. The molecule has 3 saturated heterocycles. The zero-order valence-corrected chi connectivity index (χ0v) is 14.0. The lowest BCUT2D eigenvalue weighted by Gasteiger charge is -2.39. The highest BCUT2D eigenvalue weighted by Gasteiger charge is 2.40. The van der Waals surface area contributed by atoms with Gasteiger partial charge in [-0.3, -0.25) is 9.59 Å². The second kappa shape index (κ2) is 7.15. The predicted molar refractivity (Wildman–Crippen MR) is 85.0 cm³/mol. The van der Waals surface area contributed by atoms with Gasteiger partial charge in [-0.1, -0.05) is 0 Å². The number of piperazine rings is 1. The number of hydrogen-bond acceptors (Lipinski definition) is 4. The van der Waals surface area contributed by atoms with Gasteiger partial charge < -0.3 is 19.9 Å². The largest absolute Gasteiger partial charge is 0.368 e. The highest BCUT2D eigenvalue weighted by molar-refractivity contribution is 5.85. The average molecular weight is 332 g/mol. The van der Waals surface area contributed by atoms with Gasteiger partial charge in [-0.2, -0.15) is 0 Å². The summed E-state index contributed by atoms with van der Waals surface area (Å²) >= 11 is 0. The van der Waals surface area contributed by atoms with Gasteiger partial charge in [0.15, 0.2) is 0 Å². The van der Waals surface area contributed by atoms with Crippen LogP contribution in [0.15, 0.2) is 0 Å². The summed E-state index contributed by atoms with van der Waals surface area (Å²) < 4.78 is 5.46. The third-order valence-corrected chi connectivity index (χ3v) is 4.97. The first-order valence-corrected chi connectivity index (χ1v) is 8.01. The van der Waals surface area contributed by atoms with Crippen LogP contribution in [-0.4, -0.2) is 73.6 Å². The monoisotopic (exact) mass is 331 g/mol. The number of carbonyl (C=O) groups excluding carboxylic acids is 2. The Morgan fingerprint density at radius 2 is 1.86 bits per heavy atom. The van der Waals surface area contributed by atoms with Crippen molar-refractivity contribution in [2.75, 3.05) is 45.9 Å². The maximum atomic E-state index is 12.6. The van der Waals surface area contributed by atoms with Crippen molar-refractivity contribution in [3.05, 3.63) is 0 Å². The molecular formula is C15H26ClN3O3. The molecule has 3 aliphatic rings. The van der Waals surface area contributed by atoms with Crippen LogP contribution >= 0.6 is 12.4 Å². The summed E-state index contributed by atoms with van der Waals surface area (Å²) in [7, 11) is 0. The number of amides is 2. The second-order valence-corrected chi connectivity index (χ2v) is 6.61. The van der Waals surface area contributed by atoms with E-state index in [9.17, 15) is 9.59 Å². The summed E-state index contributed by atoms with van der Waals surface area (Å²) in [6, 6.07) is 0. The maximum Gasteiger partial charge on any atom is 0.251 e. The Morgan fingerprint density at radius 1 is 1.18 bits per heavy atom. The van der Waals surface area contributed by atoms with Crippen molar-refractivity contribution in [3.8, 4) is 0 Å². The van der Waals surface area contributed by atoms with E-state index in [1.807, 2.05) is 16.7 Å². The van der Waals surface area contributed by atoms with E-state index >= 15 is 0 Å². The Bertz CT molecular complexity index is 412. The molecule has 2 amide bonds. The molecule has 0 aromatic carbocycles. The Balaban J connectivity index is 0.00000176. The van der Waals surface area contributed by atoms with Crippen LogP contribution in [0.5, 0.6) is 0 Å². The summed E-state index contributed by atoms with van der Waals surface area (Å²) in [5, 5.41) is 3.27. The van der Waals surface area contributed by atoms with Gasteiger partial charge in [0.25, 0.3) is 5.91 Å². The molecule has 1 N–H and O–H groups in total. The number of carbonyl (C=O) groups is 2. The Labute approximate surface area is 137 Å². The summed E-state index contributed by atoms with van der Waals surface area (Å²) in [4.78, 5) is 28.7. The van der Waals surface area contributed by atoms with Gasteiger partial charge >= 0.3 is 0 Å². The fourth-order valence-corrected chi connectivity index (χ4v) is 3.49. The van der Waals surface area contributed by atoms with Crippen LogP contribution < -0.4 is 5.32 Å². The van der Waals surface area contributed by atoms with Crippen LogP contribution in [0.1, 0.15) is 26.2 Å². The van der Waals surface area contributed by atoms with Crippen molar-refractivity contribution in [2.45, 2.75) is 32.3 Å². The normalized spacial score (nSPS) is 32.0. The molecule has 0 aromatic rings. The fraction of sp³-hybridized carbons (Fsp3) is 0.867. The quantitative estimate of drug-likeness (QED) is 0.788. The van der Waals surface area contributed by atoms with Gasteiger partial charge in [0.2, 0.25) is 5.91 Å². The molecule has 6 nitrogen and oxygen atoms in total. The predicted octanol–water partition coefficient (Wildman–Crippen LogP) is 0.258. The lowest BCUT2D eigenvalue weighted by Crippen LogP contribution is -2.55. The minimum Gasteiger partial charge on any atom is -0.368 e. The highest BCUT2D eigenvalue weighted by atomic mass is 35.5. The van der Waals surface area contributed by atoms with E-state index in [0.717, 1.165) is 32.4 Å². The number of nitrogens with zero attached hydrogens (tertiary/aromatic N) is 2. The molecule has 126 valence electrons. The number of nitrogens with one attached hydrogen (secondary N) is 1. The van der Waals surface area contributed by atoms with Crippen LogP contribution in [0, 0.1) is 5.41 Å². The molecule has 7 heteroatoms. The van der Waals surface area contributed by atoms with Crippen LogP contribution in [-0.2, 0) is 14.3 Å². The van der Waals surface area contributed by atoms with E-state index in [2.05, 4.69) is 5.32 Å². The van der Waals surface area contributed by atoms with Crippen molar-refractivity contribution in [2.24, 2.45) is 5.41 Å². The van der Waals surface area contributed by atoms with Crippen LogP contribution in [0.4, 0.5) is 0 Å². The summed E-state index contributed by atoms with van der Waals surface area (Å²) in [6.07, 6.45) is 2.46. The van der Waals surface area contributed by atoms with Gasteiger partial charge in [-0.25, -0.2) is 0 Å². The van der Waals surface area contributed by atoms with E-state index in [-0.39, 0.29) is 35.7 Å². The smallest absolute Gasteiger partial charge is 0.251 e. The van der Waals surface area contributed by atoms with Crippen LogP contribution in [0.25, 0.3) is 0 Å². The van der Waals surface area contributed by atoms with Crippen molar-refractivity contribution >= 4 is 24.2 Å². The molecule has 2 atom stereocenters. The summed E-state index contributed by atoms with van der Waals surface area (Å²) in [6.45, 7) is 6.97. The van der Waals surface area contributed by atoms with Gasteiger partial charge in [0.05, 0.1) is 5.41 Å². The van der Waals surface area contributed by atoms with Gasteiger partial charge in [-0.05, 0) is 32.7 Å². The number of halogens is 1. The lowest BCUT2D eigenvalue weighted by molar-refractivity contribution is -0.149. The molecular weight excluding hydrogens is 306 g/mol. The minimum atomic E-state index is -0.263. The molecule has 2 unspecified atom stereocenters. The lowest BCUT2D eigenvalue weighted by atomic mass is 9.88. The first-order chi connectivity index (χ1) is 10.1. The minimum absolute atomic E-state index is 0. The zero-order chi connectivity index (χ0) is 14.9. The molecule has 3 aliphatic heterocycles. The van der Waals surface area contributed by atoms with Crippen molar-refractivity contribution in [3.63, 3.8) is 0 Å². The number of hydrogen-bond donors (Lipinski definition) is 1. The standard InChI is InChI=1S/C15H25N3O3.ClH/c1-15(4-5-16-11-15)14(20)18-8-6-17(7-9-18)13(19)12-3-2-10-21-12;/h12,16H,2-11H2,1H3;1H. The van der Waals surface area contributed by atoms with E-state index in [1.165, 1.54) is 0 Å². The molecule has 3 rings (SSSR count). The maximum absolute atomic E-state index is 12.6. The van der Waals surface area contributed by atoms with E-state index in [0.29, 0.717) is 32.8 Å². The Kier molecular flexibility index (Phi) is 5.69. The second-order valence-electron chi connectivity index (χ2n) is 6.61. The highest BCUT2D eigenvalue weighted by Crippen LogP contribution is 2.28. The van der Waals surface area contributed by atoms with E-state index in [4.69, 9.17) is 4.74 Å². The van der Waals surface area contributed by atoms with Crippen molar-refractivity contribution < 1.29 is 14.3 Å². The van der Waals surface area contributed by atoms with Crippen LogP contribution in [0.3, 0.4) is 0 Å². The Morgan fingerprint density at radius 3 is 2.41 bits per heavy atom. The Hall–Kier alpha value is -0.850. The topological polar surface area (TPSA) is 61.9 Å². The molecule has 3 fully saturated rings. The van der Waals surface area contributed by atoms with Gasteiger partial charge in [-0.15, -0.1) is 12.4 Å². The summed E-state index contributed by atoms with van der Waals surface area (Å²) in [5.41, 5.74) is -0.263. The fourth-order valence-electron chi connectivity index (χ4n) is 3.49. The molecule has 3 heterocycles. The molecule has 0 bridgehead atoms. The van der Waals surface area contributed by atoms with E-state index < -0.39 is 0 Å². The van der Waals surface area contributed by atoms with E-state index in [1.54, 1.807) is 0 Å². The zero-order valence-electron chi connectivity index (χ0n) is 13.2. The van der Waals surface area contributed by atoms with Gasteiger partial charge in [0, 0.05) is 39.3 Å². The van der Waals surface area contributed by atoms with Gasteiger partial charge in [0.1, 0.15) is 6.10 Å². The molecule has 22 heavy (non-hydrogen) atoms. The molecule has 0 radical (unpaired) electrons.